The number of phenolic OH excluding ortho intramolecular Hbond substituents is 1. The van der Waals surface area contributed by atoms with Crippen LogP contribution < -0.4 is 10.2 Å². The summed E-state index contributed by atoms with van der Waals surface area (Å²) in [6.07, 6.45) is 3.60. The second kappa shape index (κ2) is 6.83. The SMILES string of the molecule is O=C(NCc1cccc(O)c1)[C@@H]1CC(=O)N(c2ccc3c(c2)CCC3)C1. The number of nitrogens with one attached hydrogen (secondary N) is 1. The Labute approximate surface area is 152 Å². The number of aryl methyl sites for hydroxylation is 2. The van der Waals surface area contributed by atoms with Gasteiger partial charge in [-0.3, -0.25) is 9.59 Å². The Morgan fingerprint density at radius 3 is 2.85 bits per heavy atom. The van der Waals surface area contributed by atoms with Crippen LogP contribution in [0, 0.1) is 5.92 Å². The van der Waals surface area contributed by atoms with Crippen LogP contribution in [0.15, 0.2) is 42.5 Å². The molecule has 2 amide bonds. The molecule has 0 aromatic heterocycles. The van der Waals surface area contributed by atoms with Gasteiger partial charge >= 0.3 is 0 Å². The van der Waals surface area contributed by atoms with Crippen molar-refractivity contribution in [1.82, 2.24) is 5.32 Å². The van der Waals surface area contributed by atoms with Crippen molar-refractivity contribution in [2.45, 2.75) is 32.2 Å². The average Bonchev–Trinajstić information content (AvgIpc) is 3.25. The maximum absolute atomic E-state index is 12.5. The van der Waals surface area contributed by atoms with Gasteiger partial charge in [-0.2, -0.15) is 0 Å². The topological polar surface area (TPSA) is 69.6 Å². The molecule has 1 aliphatic heterocycles. The molecule has 4 rings (SSSR count). The van der Waals surface area contributed by atoms with E-state index in [1.165, 1.54) is 17.5 Å². The van der Waals surface area contributed by atoms with E-state index >= 15 is 0 Å². The summed E-state index contributed by atoms with van der Waals surface area (Å²) in [4.78, 5) is 26.6. The maximum atomic E-state index is 12.5. The predicted octanol–water partition coefficient (Wildman–Crippen LogP) is 2.55. The molecular formula is C21H22N2O3. The van der Waals surface area contributed by atoms with E-state index < -0.39 is 0 Å². The zero-order valence-electron chi connectivity index (χ0n) is 14.6. The van der Waals surface area contributed by atoms with Gasteiger partial charge in [-0.15, -0.1) is 0 Å². The van der Waals surface area contributed by atoms with Crippen LogP contribution in [0.2, 0.25) is 0 Å². The Bertz CT molecular complexity index is 862. The molecule has 1 saturated heterocycles. The first kappa shape index (κ1) is 16.6. The summed E-state index contributed by atoms with van der Waals surface area (Å²) >= 11 is 0. The molecule has 2 aliphatic rings. The fourth-order valence-electron chi connectivity index (χ4n) is 3.86. The van der Waals surface area contributed by atoms with E-state index in [2.05, 4.69) is 17.4 Å². The highest BCUT2D eigenvalue weighted by Crippen LogP contribution is 2.30. The van der Waals surface area contributed by atoms with E-state index in [-0.39, 0.29) is 29.9 Å². The van der Waals surface area contributed by atoms with Crippen molar-refractivity contribution in [1.29, 1.82) is 0 Å². The molecular weight excluding hydrogens is 328 g/mol. The molecule has 2 aromatic rings. The van der Waals surface area contributed by atoms with Gasteiger partial charge < -0.3 is 15.3 Å². The second-order valence-corrected chi connectivity index (χ2v) is 7.10. The molecule has 0 spiro atoms. The van der Waals surface area contributed by atoms with Crippen LogP contribution in [0.3, 0.4) is 0 Å². The van der Waals surface area contributed by atoms with Crippen LogP contribution in [0.5, 0.6) is 5.75 Å². The zero-order chi connectivity index (χ0) is 18.1. The lowest BCUT2D eigenvalue weighted by Gasteiger charge is -2.18. The first-order chi connectivity index (χ1) is 12.6. The molecule has 2 aromatic carbocycles. The molecule has 5 heteroatoms. The maximum Gasteiger partial charge on any atom is 0.227 e. The van der Waals surface area contributed by atoms with Crippen molar-refractivity contribution < 1.29 is 14.7 Å². The summed E-state index contributed by atoms with van der Waals surface area (Å²) in [7, 11) is 0. The van der Waals surface area contributed by atoms with Crippen molar-refractivity contribution in [3.63, 3.8) is 0 Å². The number of nitrogens with zero attached hydrogens (tertiary/aromatic N) is 1. The van der Waals surface area contributed by atoms with Gasteiger partial charge in [-0.05, 0) is 60.2 Å². The van der Waals surface area contributed by atoms with E-state index in [0.717, 1.165) is 24.1 Å². The molecule has 1 heterocycles. The lowest BCUT2D eigenvalue weighted by atomic mass is 10.1. The molecule has 134 valence electrons. The number of aromatic hydroxyl groups is 1. The highest BCUT2D eigenvalue weighted by Gasteiger charge is 2.35. The van der Waals surface area contributed by atoms with Gasteiger partial charge in [0.1, 0.15) is 5.75 Å². The molecule has 0 radical (unpaired) electrons. The minimum absolute atomic E-state index is 0.000419. The summed E-state index contributed by atoms with van der Waals surface area (Å²) in [6, 6.07) is 13.0. The van der Waals surface area contributed by atoms with Crippen LogP contribution in [0.1, 0.15) is 29.5 Å². The van der Waals surface area contributed by atoms with E-state index in [1.807, 2.05) is 12.1 Å². The molecule has 2 N–H and O–H groups in total. The molecule has 1 fully saturated rings. The van der Waals surface area contributed by atoms with Crippen molar-refractivity contribution in [2.24, 2.45) is 5.92 Å². The monoisotopic (exact) mass is 350 g/mol. The quantitative estimate of drug-likeness (QED) is 0.890. The number of amides is 2. The first-order valence-corrected chi connectivity index (χ1v) is 9.08. The largest absolute Gasteiger partial charge is 0.508 e. The van der Waals surface area contributed by atoms with Gasteiger partial charge in [0.05, 0.1) is 5.92 Å². The molecule has 0 bridgehead atoms. The van der Waals surface area contributed by atoms with Crippen LogP contribution in [0.4, 0.5) is 5.69 Å². The van der Waals surface area contributed by atoms with Crippen LogP contribution in [-0.4, -0.2) is 23.5 Å². The first-order valence-electron chi connectivity index (χ1n) is 9.08. The predicted molar refractivity (Wildman–Crippen MR) is 98.9 cm³/mol. The van der Waals surface area contributed by atoms with E-state index in [9.17, 15) is 14.7 Å². The zero-order valence-corrected chi connectivity index (χ0v) is 14.6. The number of anilines is 1. The number of rotatable bonds is 4. The third kappa shape index (κ3) is 3.29. The van der Waals surface area contributed by atoms with E-state index in [0.29, 0.717) is 13.1 Å². The number of hydrogen-bond donors (Lipinski definition) is 2. The van der Waals surface area contributed by atoms with Crippen LogP contribution in [0.25, 0.3) is 0 Å². The normalized spacial score (nSPS) is 18.8. The Kier molecular flexibility index (Phi) is 4.37. The fraction of sp³-hybridized carbons (Fsp3) is 0.333. The third-order valence-corrected chi connectivity index (χ3v) is 5.27. The highest BCUT2D eigenvalue weighted by atomic mass is 16.3. The van der Waals surface area contributed by atoms with Crippen LogP contribution in [-0.2, 0) is 29.0 Å². The van der Waals surface area contributed by atoms with Gasteiger partial charge in [-0.1, -0.05) is 18.2 Å². The highest BCUT2D eigenvalue weighted by molar-refractivity contribution is 6.00. The smallest absolute Gasteiger partial charge is 0.227 e. The van der Waals surface area contributed by atoms with Gasteiger partial charge in [0.25, 0.3) is 0 Å². The number of fused-ring (bicyclic) bond motifs is 1. The van der Waals surface area contributed by atoms with Crippen molar-refractivity contribution in [2.75, 3.05) is 11.4 Å². The number of benzene rings is 2. The van der Waals surface area contributed by atoms with Gasteiger partial charge in [0, 0.05) is 25.2 Å². The number of hydrogen-bond acceptors (Lipinski definition) is 3. The standard InChI is InChI=1S/C21H22N2O3/c24-19-6-1-3-14(9-19)12-22-21(26)17-11-20(25)23(13-17)18-8-7-15-4-2-5-16(15)10-18/h1,3,6-10,17,24H,2,4-5,11-13H2,(H,22,26)/t17-/m1/s1. The minimum Gasteiger partial charge on any atom is -0.508 e. The van der Waals surface area contributed by atoms with Gasteiger partial charge in [0.2, 0.25) is 11.8 Å². The lowest BCUT2D eigenvalue weighted by Crippen LogP contribution is -2.32. The molecule has 1 atom stereocenters. The minimum atomic E-state index is -0.340. The molecule has 0 saturated carbocycles. The van der Waals surface area contributed by atoms with Crippen molar-refractivity contribution >= 4 is 17.5 Å². The summed E-state index contributed by atoms with van der Waals surface area (Å²) in [6.45, 7) is 0.764. The molecule has 5 nitrogen and oxygen atoms in total. The summed E-state index contributed by atoms with van der Waals surface area (Å²) in [5.74, 6) is -0.283. The third-order valence-electron chi connectivity index (χ3n) is 5.27. The summed E-state index contributed by atoms with van der Waals surface area (Å²) < 4.78 is 0. The van der Waals surface area contributed by atoms with Crippen molar-refractivity contribution in [3.05, 3.63) is 59.2 Å². The van der Waals surface area contributed by atoms with E-state index in [4.69, 9.17) is 0 Å². The summed E-state index contributed by atoms with van der Waals surface area (Å²) in [5, 5.41) is 12.4. The molecule has 0 unspecified atom stereocenters. The van der Waals surface area contributed by atoms with E-state index in [1.54, 1.807) is 23.1 Å². The summed E-state index contributed by atoms with van der Waals surface area (Å²) in [5.41, 5.74) is 4.44. The number of phenols is 1. The molecule has 26 heavy (non-hydrogen) atoms. The second-order valence-electron chi connectivity index (χ2n) is 7.10. The Morgan fingerprint density at radius 2 is 2.00 bits per heavy atom. The van der Waals surface area contributed by atoms with Crippen molar-refractivity contribution in [3.8, 4) is 5.75 Å². The van der Waals surface area contributed by atoms with Crippen LogP contribution >= 0.6 is 0 Å². The average molecular weight is 350 g/mol. The Balaban J connectivity index is 1.40. The Hall–Kier alpha value is -2.82. The fourth-order valence-corrected chi connectivity index (χ4v) is 3.86. The van der Waals surface area contributed by atoms with Gasteiger partial charge in [0.15, 0.2) is 0 Å². The number of carbonyl (C=O) groups excluding carboxylic acids is 2. The number of carbonyl (C=O) groups is 2. The molecule has 1 aliphatic carbocycles. The lowest BCUT2D eigenvalue weighted by molar-refractivity contribution is -0.126. The Morgan fingerprint density at radius 1 is 1.15 bits per heavy atom. The van der Waals surface area contributed by atoms with Gasteiger partial charge in [-0.25, -0.2) is 0 Å².